The van der Waals surface area contributed by atoms with E-state index >= 15 is 0 Å². The smallest absolute Gasteiger partial charge is 0.228 e. The molecule has 19 heavy (non-hydrogen) atoms. The molecule has 0 aromatic carbocycles. The molecule has 2 aromatic heterocycles. The van der Waals surface area contributed by atoms with Crippen LogP contribution in [0.2, 0.25) is 0 Å². The van der Waals surface area contributed by atoms with E-state index in [-0.39, 0.29) is 0 Å². The Kier molecular flexibility index (Phi) is 4.63. The third-order valence-corrected chi connectivity index (χ3v) is 2.81. The molecule has 2 aromatic rings. The lowest BCUT2D eigenvalue weighted by Crippen LogP contribution is -2.28. The van der Waals surface area contributed by atoms with Crippen LogP contribution in [-0.2, 0) is 6.42 Å². The largest absolute Gasteiger partial charge is 0.339 e. The first-order valence-electron chi connectivity index (χ1n) is 6.69. The van der Waals surface area contributed by atoms with Crippen molar-refractivity contribution in [3.8, 4) is 11.5 Å². The molecule has 0 aliphatic rings. The van der Waals surface area contributed by atoms with Crippen LogP contribution in [0, 0.1) is 6.92 Å². The molecule has 1 unspecified atom stereocenters. The van der Waals surface area contributed by atoms with Gasteiger partial charge in [-0.3, -0.25) is 0 Å². The number of pyridine rings is 1. The van der Waals surface area contributed by atoms with Crippen molar-refractivity contribution in [3.63, 3.8) is 0 Å². The predicted molar refractivity (Wildman–Crippen MR) is 73.7 cm³/mol. The highest BCUT2D eigenvalue weighted by Crippen LogP contribution is 2.14. The quantitative estimate of drug-likeness (QED) is 0.863. The molecule has 1 atom stereocenters. The van der Waals surface area contributed by atoms with E-state index in [0.29, 0.717) is 17.8 Å². The van der Waals surface area contributed by atoms with Crippen LogP contribution in [0.5, 0.6) is 0 Å². The summed E-state index contributed by atoms with van der Waals surface area (Å²) in [5, 5.41) is 7.38. The second-order valence-corrected chi connectivity index (χ2v) is 4.74. The van der Waals surface area contributed by atoms with Crippen molar-refractivity contribution < 1.29 is 4.52 Å². The van der Waals surface area contributed by atoms with E-state index in [0.717, 1.165) is 30.8 Å². The molecule has 0 spiro atoms. The van der Waals surface area contributed by atoms with Gasteiger partial charge in [0, 0.05) is 18.2 Å². The van der Waals surface area contributed by atoms with E-state index in [2.05, 4.69) is 34.3 Å². The third-order valence-electron chi connectivity index (χ3n) is 2.81. The molecular formula is C14H20N4O. The van der Waals surface area contributed by atoms with Gasteiger partial charge >= 0.3 is 0 Å². The molecule has 2 heterocycles. The zero-order valence-corrected chi connectivity index (χ0v) is 11.7. The van der Waals surface area contributed by atoms with Crippen LogP contribution in [-0.4, -0.2) is 27.7 Å². The molecule has 0 bridgehead atoms. The summed E-state index contributed by atoms with van der Waals surface area (Å²) < 4.78 is 5.27. The van der Waals surface area contributed by atoms with Gasteiger partial charge in [0.1, 0.15) is 5.69 Å². The van der Waals surface area contributed by atoms with Gasteiger partial charge in [0.05, 0.1) is 0 Å². The van der Waals surface area contributed by atoms with E-state index in [1.54, 1.807) is 0 Å². The van der Waals surface area contributed by atoms with Gasteiger partial charge in [-0.25, -0.2) is 4.98 Å². The SMILES string of the molecule is CCCNC(C)Cc1nc(-c2cccc(C)n2)no1. The maximum absolute atomic E-state index is 5.27. The Hall–Kier alpha value is -1.75. The Bertz CT molecular complexity index is 524. The number of nitrogens with one attached hydrogen (secondary N) is 1. The maximum Gasteiger partial charge on any atom is 0.228 e. The molecule has 0 aliphatic heterocycles. The third kappa shape index (κ3) is 3.86. The fourth-order valence-corrected chi connectivity index (χ4v) is 1.83. The second-order valence-electron chi connectivity index (χ2n) is 4.74. The van der Waals surface area contributed by atoms with Gasteiger partial charge in [-0.05, 0) is 38.9 Å². The lowest BCUT2D eigenvalue weighted by molar-refractivity contribution is 0.362. The normalized spacial score (nSPS) is 12.6. The first kappa shape index (κ1) is 13.7. The average molecular weight is 260 g/mol. The zero-order chi connectivity index (χ0) is 13.7. The Balaban J connectivity index is 2.03. The minimum atomic E-state index is 0.332. The molecule has 0 amide bonds. The fraction of sp³-hybridized carbons (Fsp3) is 0.500. The lowest BCUT2D eigenvalue weighted by Gasteiger charge is -2.09. The summed E-state index contributed by atoms with van der Waals surface area (Å²) in [5.41, 5.74) is 1.70. The topological polar surface area (TPSA) is 63.8 Å². The molecule has 2 rings (SSSR count). The van der Waals surface area contributed by atoms with Gasteiger partial charge in [-0.2, -0.15) is 4.98 Å². The van der Waals surface area contributed by atoms with Gasteiger partial charge in [0.25, 0.3) is 0 Å². The molecule has 5 nitrogen and oxygen atoms in total. The Morgan fingerprint density at radius 2 is 2.16 bits per heavy atom. The van der Waals surface area contributed by atoms with Gasteiger partial charge in [-0.15, -0.1) is 0 Å². The zero-order valence-electron chi connectivity index (χ0n) is 11.7. The molecule has 5 heteroatoms. The number of nitrogens with zero attached hydrogens (tertiary/aromatic N) is 3. The van der Waals surface area contributed by atoms with Crippen LogP contribution in [0.1, 0.15) is 31.9 Å². The summed E-state index contributed by atoms with van der Waals surface area (Å²) in [6.45, 7) is 7.21. The minimum Gasteiger partial charge on any atom is -0.339 e. The first-order valence-corrected chi connectivity index (χ1v) is 6.69. The Labute approximate surface area is 113 Å². The highest BCUT2D eigenvalue weighted by molar-refractivity contribution is 5.47. The van der Waals surface area contributed by atoms with Crippen molar-refractivity contribution >= 4 is 0 Å². The molecular weight excluding hydrogens is 240 g/mol. The van der Waals surface area contributed by atoms with Gasteiger partial charge in [0.2, 0.25) is 11.7 Å². The monoisotopic (exact) mass is 260 g/mol. The molecule has 1 N–H and O–H groups in total. The highest BCUT2D eigenvalue weighted by atomic mass is 16.5. The summed E-state index contributed by atoms with van der Waals surface area (Å²) in [4.78, 5) is 8.77. The number of hydrogen-bond acceptors (Lipinski definition) is 5. The van der Waals surface area contributed by atoms with Crippen LogP contribution in [0.3, 0.4) is 0 Å². The van der Waals surface area contributed by atoms with Crippen molar-refractivity contribution in [1.29, 1.82) is 0 Å². The van der Waals surface area contributed by atoms with Crippen molar-refractivity contribution in [2.24, 2.45) is 0 Å². The predicted octanol–water partition coefficient (Wildman–Crippen LogP) is 2.37. The molecule has 0 aliphatic carbocycles. The van der Waals surface area contributed by atoms with Crippen molar-refractivity contribution in [2.75, 3.05) is 6.54 Å². The first-order chi connectivity index (χ1) is 9.19. The average Bonchev–Trinajstić information content (AvgIpc) is 2.85. The van der Waals surface area contributed by atoms with Crippen LogP contribution in [0.25, 0.3) is 11.5 Å². The number of hydrogen-bond donors (Lipinski definition) is 1. The second kappa shape index (κ2) is 6.43. The van der Waals surface area contributed by atoms with Gasteiger partial charge < -0.3 is 9.84 Å². The summed E-state index contributed by atoms with van der Waals surface area (Å²) in [7, 11) is 0. The highest BCUT2D eigenvalue weighted by Gasteiger charge is 2.12. The van der Waals surface area contributed by atoms with Gasteiger partial charge in [0.15, 0.2) is 0 Å². The van der Waals surface area contributed by atoms with Crippen LogP contribution < -0.4 is 5.32 Å². The number of aryl methyl sites for hydroxylation is 1. The van der Waals surface area contributed by atoms with Crippen molar-refractivity contribution in [1.82, 2.24) is 20.4 Å². The van der Waals surface area contributed by atoms with Gasteiger partial charge in [-0.1, -0.05) is 18.1 Å². The molecule has 0 radical (unpaired) electrons. The van der Waals surface area contributed by atoms with Crippen molar-refractivity contribution in [2.45, 2.75) is 39.7 Å². The minimum absolute atomic E-state index is 0.332. The molecule has 102 valence electrons. The number of rotatable bonds is 6. The standard InChI is InChI=1S/C14H20N4O/c1-4-8-15-11(3)9-13-17-14(18-19-13)12-7-5-6-10(2)16-12/h5-7,11,15H,4,8-9H2,1-3H3. The summed E-state index contributed by atoms with van der Waals surface area (Å²) in [6, 6.07) is 6.11. The van der Waals surface area contributed by atoms with E-state index in [1.807, 2.05) is 25.1 Å². The van der Waals surface area contributed by atoms with Crippen molar-refractivity contribution in [3.05, 3.63) is 29.8 Å². The summed E-state index contributed by atoms with van der Waals surface area (Å²) in [5.74, 6) is 1.20. The summed E-state index contributed by atoms with van der Waals surface area (Å²) >= 11 is 0. The Morgan fingerprint density at radius 3 is 2.89 bits per heavy atom. The van der Waals surface area contributed by atoms with Crippen LogP contribution in [0.15, 0.2) is 22.7 Å². The number of aromatic nitrogens is 3. The molecule has 0 saturated carbocycles. The van der Waals surface area contributed by atoms with E-state index in [9.17, 15) is 0 Å². The lowest BCUT2D eigenvalue weighted by atomic mass is 10.2. The molecule has 0 saturated heterocycles. The van der Waals surface area contributed by atoms with Crippen LogP contribution >= 0.6 is 0 Å². The van der Waals surface area contributed by atoms with E-state index in [4.69, 9.17) is 4.52 Å². The molecule has 0 fully saturated rings. The van der Waals surface area contributed by atoms with E-state index in [1.165, 1.54) is 0 Å². The van der Waals surface area contributed by atoms with Crippen LogP contribution in [0.4, 0.5) is 0 Å². The Morgan fingerprint density at radius 1 is 1.32 bits per heavy atom. The maximum atomic E-state index is 5.27. The fourth-order valence-electron chi connectivity index (χ4n) is 1.83. The summed E-state index contributed by atoms with van der Waals surface area (Å²) in [6.07, 6.45) is 1.85. The van der Waals surface area contributed by atoms with E-state index < -0.39 is 0 Å².